The summed E-state index contributed by atoms with van der Waals surface area (Å²) in [5.74, 6) is -0.344. The maximum atomic E-state index is 13.1. The lowest BCUT2D eigenvalue weighted by Gasteiger charge is -2.02. The van der Waals surface area contributed by atoms with Crippen LogP contribution in [0.15, 0.2) is 18.2 Å². The topological polar surface area (TPSA) is 43.1 Å². The fourth-order valence-electron chi connectivity index (χ4n) is 1.61. The molecule has 0 fully saturated rings. The molecule has 94 valence electrons. The number of hydrogen-bond acceptors (Lipinski definition) is 2. The number of halogens is 2. The van der Waals surface area contributed by atoms with Gasteiger partial charge >= 0.3 is 0 Å². The van der Waals surface area contributed by atoms with E-state index in [0.717, 1.165) is 19.3 Å². The molecule has 2 nitrogen and oxygen atoms in total. The van der Waals surface area contributed by atoms with E-state index in [1.807, 2.05) is 0 Å². The molecule has 0 unspecified atom stereocenters. The van der Waals surface area contributed by atoms with Crippen LogP contribution < -0.4 is 5.73 Å². The highest BCUT2D eigenvalue weighted by molar-refractivity contribution is 6.30. The van der Waals surface area contributed by atoms with Crippen LogP contribution in [0.25, 0.3) is 0 Å². The van der Waals surface area contributed by atoms with Crippen molar-refractivity contribution >= 4 is 17.4 Å². The summed E-state index contributed by atoms with van der Waals surface area (Å²) in [5, 5.41) is 0.0872. The molecule has 0 atom stereocenters. The summed E-state index contributed by atoms with van der Waals surface area (Å²) in [6.07, 6.45) is 3.58. The third-order valence-corrected chi connectivity index (χ3v) is 2.85. The molecule has 0 saturated carbocycles. The van der Waals surface area contributed by atoms with Crippen molar-refractivity contribution in [3.05, 3.63) is 34.6 Å². The Labute approximate surface area is 106 Å². The van der Waals surface area contributed by atoms with Crippen molar-refractivity contribution in [2.24, 2.45) is 5.73 Å². The Kier molecular flexibility index (Phi) is 6.16. The molecule has 4 heteroatoms. The van der Waals surface area contributed by atoms with Gasteiger partial charge in [0.1, 0.15) is 11.6 Å². The zero-order valence-electron chi connectivity index (χ0n) is 9.72. The number of carbonyl (C=O) groups excluding carboxylic acids is 1. The molecule has 2 N–H and O–H groups in total. The summed E-state index contributed by atoms with van der Waals surface area (Å²) in [4.78, 5) is 11.6. The van der Waals surface area contributed by atoms with Crippen molar-refractivity contribution in [1.29, 1.82) is 0 Å². The Morgan fingerprint density at radius 2 is 2.06 bits per heavy atom. The highest BCUT2D eigenvalue weighted by Crippen LogP contribution is 2.16. The first-order valence-corrected chi connectivity index (χ1v) is 6.17. The average molecular weight is 258 g/mol. The lowest BCUT2D eigenvalue weighted by molar-refractivity contribution is -0.118. The molecule has 0 bridgehead atoms. The minimum Gasteiger partial charge on any atom is -0.330 e. The largest absolute Gasteiger partial charge is 0.330 e. The van der Waals surface area contributed by atoms with Crippen LogP contribution in [0.4, 0.5) is 4.39 Å². The van der Waals surface area contributed by atoms with Crippen molar-refractivity contribution in [3.8, 4) is 0 Å². The zero-order valence-corrected chi connectivity index (χ0v) is 10.5. The third-order valence-electron chi connectivity index (χ3n) is 2.55. The first kappa shape index (κ1) is 14.1. The Morgan fingerprint density at radius 3 is 2.71 bits per heavy atom. The number of nitrogens with two attached hydrogens (primary N) is 1. The second-order valence-corrected chi connectivity index (χ2v) is 4.47. The number of unbranched alkanes of at least 4 members (excludes halogenated alkanes) is 2. The van der Waals surface area contributed by atoms with Crippen LogP contribution in [0.3, 0.4) is 0 Å². The van der Waals surface area contributed by atoms with E-state index in [-0.39, 0.29) is 17.2 Å². The van der Waals surface area contributed by atoms with Gasteiger partial charge in [0.05, 0.1) is 5.02 Å². The highest BCUT2D eigenvalue weighted by atomic mass is 35.5. The smallest absolute Gasteiger partial charge is 0.142 e. The first-order valence-electron chi connectivity index (χ1n) is 5.79. The summed E-state index contributed by atoms with van der Waals surface area (Å²) < 4.78 is 13.1. The van der Waals surface area contributed by atoms with Crippen LogP contribution in [-0.2, 0) is 11.2 Å². The Hall–Kier alpha value is -0.930. The molecule has 17 heavy (non-hydrogen) atoms. The van der Waals surface area contributed by atoms with Crippen LogP contribution >= 0.6 is 11.6 Å². The van der Waals surface area contributed by atoms with E-state index in [0.29, 0.717) is 18.5 Å². The second kappa shape index (κ2) is 7.41. The summed E-state index contributed by atoms with van der Waals surface area (Å²) in [6, 6.07) is 4.48. The van der Waals surface area contributed by atoms with Crippen LogP contribution in [0.2, 0.25) is 5.02 Å². The van der Waals surface area contributed by atoms with Gasteiger partial charge in [0.25, 0.3) is 0 Å². The average Bonchev–Trinajstić information content (AvgIpc) is 2.30. The lowest BCUT2D eigenvalue weighted by atomic mass is 10.0. The quantitative estimate of drug-likeness (QED) is 0.763. The first-order chi connectivity index (χ1) is 8.13. The number of hydrogen-bond donors (Lipinski definition) is 1. The second-order valence-electron chi connectivity index (χ2n) is 4.06. The minimum absolute atomic E-state index is 0.0872. The molecular formula is C13H17ClFNO. The maximum absolute atomic E-state index is 13.1. The molecule has 1 rings (SSSR count). The van der Waals surface area contributed by atoms with E-state index >= 15 is 0 Å². The van der Waals surface area contributed by atoms with Gasteiger partial charge in [-0.05, 0) is 37.1 Å². The van der Waals surface area contributed by atoms with Gasteiger partial charge in [-0.2, -0.15) is 0 Å². The molecule has 1 aromatic carbocycles. The third kappa shape index (κ3) is 5.29. The van der Waals surface area contributed by atoms with Gasteiger partial charge in [-0.25, -0.2) is 4.39 Å². The van der Waals surface area contributed by atoms with Crippen molar-refractivity contribution in [2.45, 2.75) is 32.1 Å². The van der Waals surface area contributed by atoms with Gasteiger partial charge < -0.3 is 5.73 Å². The molecule has 0 radical (unpaired) electrons. The summed E-state index contributed by atoms with van der Waals surface area (Å²) >= 11 is 5.56. The van der Waals surface area contributed by atoms with Crippen LogP contribution in [0.5, 0.6) is 0 Å². The SMILES string of the molecule is NCCCCCC(=O)Cc1ccc(Cl)c(F)c1. The predicted molar refractivity (Wildman–Crippen MR) is 67.6 cm³/mol. The van der Waals surface area contributed by atoms with Crippen LogP contribution in [0, 0.1) is 5.82 Å². The Balaban J connectivity index is 2.37. The van der Waals surface area contributed by atoms with E-state index in [4.69, 9.17) is 17.3 Å². The Morgan fingerprint density at radius 1 is 1.29 bits per heavy atom. The fraction of sp³-hybridized carbons (Fsp3) is 0.462. The zero-order chi connectivity index (χ0) is 12.7. The monoisotopic (exact) mass is 257 g/mol. The minimum atomic E-state index is -0.472. The number of Topliss-reactive ketones (excluding diaryl/α,β-unsaturated/α-hetero) is 1. The van der Waals surface area contributed by atoms with Gasteiger partial charge in [-0.1, -0.05) is 24.1 Å². The fourth-order valence-corrected chi connectivity index (χ4v) is 1.73. The summed E-state index contributed by atoms with van der Waals surface area (Å²) in [5.41, 5.74) is 6.04. The lowest BCUT2D eigenvalue weighted by Crippen LogP contribution is -2.04. The van der Waals surface area contributed by atoms with Gasteiger partial charge in [0.2, 0.25) is 0 Å². The molecule has 0 aliphatic carbocycles. The molecule has 0 aromatic heterocycles. The standard InChI is InChI=1S/C13H17ClFNO/c14-12-6-5-10(9-13(12)15)8-11(17)4-2-1-3-7-16/h5-6,9H,1-4,7-8,16H2. The Bertz CT molecular complexity index is 382. The van der Waals surface area contributed by atoms with E-state index in [1.165, 1.54) is 12.1 Å². The van der Waals surface area contributed by atoms with Crippen LogP contribution in [0.1, 0.15) is 31.2 Å². The number of benzene rings is 1. The van der Waals surface area contributed by atoms with Gasteiger partial charge in [-0.15, -0.1) is 0 Å². The maximum Gasteiger partial charge on any atom is 0.142 e. The van der Waals surface area contributed by atoms with Crippen molar-refractivity contribution < 1.29 is 9.18 Å². The van der Waals surface area contributed by atoms with E-state index in [1.54, 1.807) is 6.07 Å². The van der Waals surface area contributed by atoms with Gasteiger partial charge in [0.15, 0.2) is 0 Å². The van der Waals surface area contributed by atoms with Crippen molar-refractivity contribution in [2.75, 3.05) is 6.54 Å². The number of carbonyl (C=O) groups is 1. The molecule has 0 aliphatic rings. The van der Waals surface area contributed by atoms with Gasteiger partial charge in [0, 0.05) is 12.8 Å². The normalized spacial score (nSPS) is 10.5. The number of rotatable bonds is 7. The van der Waals surface area contributed by atoms with Crippen molar-refractivity contribution in [1.82, 2.24) is 0 Å². The molecule has 0 heterocycles. The summed E-state index contributed by atoms with van der Waals surface area (Å²) in [6.45, 7) is 0.663. The van der Waals surface area contributed by atoms with Gasteiger partial charge in [-0.3, -0.25) is 4.79 Å². The van der Waals surface area contributed by atoms with Crippen LogP contribution in [-0.4, -0.2) is 12.3 Å². The molecule has 1 aromatic rings. The van der Waals surface area contributed by atoms with E-state index in [2.05, 4.69) is 0 Å². The van der Waals surface area contributed by atoms with E-state index in [9.17, 15) is 9.18 Å². The van der Waals surface area contributed by atoms with Crippen molar-refractivity contribution in [3.63, 3.8) is 0 Å². The molecule has 0 amide bonds. The number of ketones is 1. The van der Waals surface area contributed by atoms with E-state index < -0.39 is 5.82 Å². The highest BCUT2D eigenvalue weighted by Gasteiger charge is 2.06. The molecular weight excluding hydrogens is 241 g/mol. The predicted octanol–water partition coefficient (Wildman–Crippen LogP) is 3.11. The molecule has 0 aliphatic heterocycles. The summed E-state index contributed by atoms with van der Waals surface area (Å²) in [7, 11) is 0. The molecule has 0 saturated heterocycles. The molecule has 0 spiro atoms.